The van der Waals surface area contributed by atoms with Gasteiger partial charge < -0.3 is 15.1 Å². The predicted octanol–water partition coefficient (Wildman–Crippen LogP) is 2.72. The highest BCUT2D eigenvalue weighted by Gasteiger charge is 2.09. The average molecular weight is 309 g/mol. The molecule has 2 N–H and O–H groups in total. The third-order valence-corrected chi connectivity index (χ3v) is 3.21. The maximum atomic E-state index is 12.1. The Balaban J connectivity index is 1.63. The fourth-order valence-corrected chi connectivity index (χ4v) is 2.16. The van der Waals surface area contributed by atoms with Crippen molar-refractivity contribution in [1.82, 2.24) is 10.3 Å². The molecule has 0 fully saturated rings. The van der Waals surface area contributed by atoms with Gasteiger partial charge in [-0.05, 0) is 36.4 Å². The summed E-state index contributed by atoms with van der Waals surface area (Å²) in [5, 5.41) is 5.40. The number of amides is 2. The van der Waals surface area contributed by atoms with Gasteiger partial charge in [-0.1, -0.05) is 12.1 Å². The minimum atomic E-state index is -0.235. The van der Waals surface area contributed by atoms with E-state index in [9.17, 15) is 9.59 Å². The van der Waals surface area contributed by atoms with Crippen molar-refractivity contribution < 1.29 is 14.0 Å². The summed E-state index contributed by atoms with van der Waals surface area (Å²) in [5.74, 6) is 0.0641. The van der Waals surface area contributed by atoms with Gasteiger partial charge >= 0.3 is 0 Å². The molecule has 6 heteroatoms. The number of hydrogen-bond donors (Lipinski definition) is 2. The number of carbonyl (C=O) groups is 2. The van der Waals surface area contributed by atoms with Crippen LogP contribution in [-0.2, 0) is 11.3 Å². The summed E-state index contributed by atoms with van der Waals surface area (Å²) in [7, 11) is 0. The molecule has 0 saturated carbocycles. The van der Waals surface area contributed by atoms with E-state index in [1.165, 1.54) is 6.92 Å². The molecule has 0 aliphatic heterocycles. The summed E-state index contributed by atoms with van der Waals surface area (Å²) in [6.07, 6.45) is 0. The van der Waals surface area contributed by atoms with E-state index < -0.39 is 0 Å². The largest absolute Gasteiger partial charge is 0.439 e. The monoisotopic (exact) mass is 309 g/mol. The molecule has 0 radical (unpaired) electrons. The molecule has 0 atom stereocenters. The van der Waals surface area contributed by atoms with Crippen LogP contribution in [0.1, 0.15) is 23.2 Å². The summed E-state index contributed by atoms with van der Waals surface area (Å²) in [5.41, 5.74) is 2.59. The van der Waals surface area contributed by atoms with E-state index in [1.807, 2.05) is 24.3 Å². The number of para-hydroxylation sites is 2. The van der Waals surface area contributed by atoms with Gasteiger partial charge in [0, 0.05) is 18.2 Å². The molecule has 23 heavy (non-hydrogen) atoms. The number of aromatic nitrogens is 1. The standard InChI is InChI=1S/C17H15N3O3/c1-11(21)19-13-8-6-12(7-9-13)17(22)18-10-16-20-14-4-2-3-5-15(14)23-16/h2-9H,10H2,1H3,(H,18,22)(H,19,21). The van der Waals surface area contributed by atoms with Crippen molar-refractivity contribution in [2.75, 3.05) is 5.32 Å². The fourth-order valence-electron chi connectivity index (χ4n) is 2.16. The molecule has 6 nitrogen and oxygen atoms in total. The molecule has 0 aliphatic carbocycles. The van der Waals surface area contributed by atoms with Crippen LogP contribution in [0.2, 0.25) is 0 Å². The summed E-state index contributed by atoms with van der Waals surface area (Å²) in [4.78, 5) is 27.4. The van der Waals surface area contributed by atoms with Gasteiger partial charge in [0.05, 0.1) is 6.54 Å². The Kier molecular flexibility index (Phi) is 4.05. The molecule has 116 valence electrons. The van der Waals surface area contributed by atoms with Crippen molar-refractivity contribution in [2.45, 2.75) is 13.5 Å². The molecular weight excluding hydrogens is 294 g/mol. The number of fused-ring (bicyclic) bond motifs is 1. The number of rotatable bonds is 4. The minimum Gasteiger partial charge on any atom is -0.439 e. The lowest BCUT2D eigenvalue weighted by Gasteiger charge is -2.05. The lowest BCUT2D eigenvalue weighted by molar-refractivity contribution is -0.114. The van der Waals surface area contributed by atoms with Crippen LogP contribution in [0.25, 0.3) is 11.1 Å². The van der Waals surface area contributed by atoms with E-state index in [2.05, 4.69) is 15.6 Å². The number of carbonyl (C=O) groups excluding carboxylic acids is 2. The summed E-state index contributed by atoms with van der Waals surface area (Å²) < 4.78 is 5.54. The van der Waals surface area contributed by atoms with Crippen LogP contribution in [0.3, 0.4) is 0 Å². The number of anilines is 1. The number of hydrogen-bond acceptors (Lipinski definition) is 4. The Morgan fingerprint density at radius 2 is 1.83 bits per heavy atom. The molecular formula is C17H15N3O3. The third-order valence-electron chi connectivity index (χ3n) is 3.21. The van der Waals surface area contributed by atoms with Gasteiger partial charge in [-0.15, -0.1) is 0 Å². The molecule has 0 aliphatic rings. The lowest BCUT2D eigenvalue weighted by atomic mass is 10.2. The van der Waals surface area contributed by atoms with E-state index >= 15 is 0 Å². The molecule has 0 bridgehead atoms. The van der Waals surface area contributed by atoms with Crippen LogP contribution >= 0.6 is 0 Å². The van der Waals surface area contributed by atoms with Gasteiger partial charge in [0.15, 0.2) is 5.58 Å². The van der Waals surface area contributed by atoms with E-state index in [4.69, 9.17) is 4.42 Å². The van der Waals surface area contributed by atoms with Gasteiger partial charge in [0.2, 0.25) is 11.8 Å². The lowest BCUT2D eigenvalue weighted by Crippen LogP contribution is -2.22. The predicted molar refractivity (Wildman–Crippen MR) is 85.9 cm³/mol. The SMILES string of the molecule is CC(=O)Nc1ccc(C(=O)NCc2nc3ccccc3o2)cc1. The minimum absolute atomic E-state index is 0.154. The first-order valence-corrected chi connectivity index (χ1v) is 7.12. The molecule has 0 spiro atoms. The summed E-state index contributed by atoms with van der Waals surface area (Å²) >= 11 is 0. The van der Waals surface area contributed by atoms with Crippen molar-refractivity contribution >= 4 is 28.6 Å². The van der Waals surface area contributed by atoms with Crippen LogP contribution in [0.5, 0.6) is 0 Å². The van der Waals surface area contributed by atoms with Crippen molar-refractivity contribution in [3.63, 3.8) is 0 Å². The van der Waals surface area contributed by atoms with Gasteiger partial charge in [-0.2, -0.15) is 0 Å². The molecule has 1 heterocycles. The van der Waals surface area contributed by atoms with Crippen molar-refractivity contribution in [3.8, 4) is 0 Å². The maximum Gasteiger partial charge on any atom is 0.251 e. The summed E-state index contributed by atoms with van der Waals surface area (Å²) in [6.45, 7) is 1.64. The van der Waals surface area contributed by atoms with Crippen LogP contribution < -0.4 is 10.6 Å². The average Bonchev–Trinajstić information content (AvgIpc) is 2.95. The Bertz CT molecular complexity index is 820. The molecule has 2 amide bonds. The van der Waals surface area contributed by atoms with Gasteiger partial charge in [-0.25, -0.2) is 4.98 Å². The molecule has 3 aromatic rings. The molecule has 0 saturated heterocycles. The number of benzene rings is 2. The van der Waals surface area contributed by atoms with E-state index in [1.54, 1.807) is 24.3 Å². The van der Waals surface area contributed by atoms with Crippen molar-refractivity contribution in [2.24, 2.45) is 0 Å². The van der Waals surface area contributed by atoms with Crippen molar-refractivity contribution in [1.29, 1.82) is 0 Å². The van der Waals surface area contributed by atoms with Gasteiger partial charge in [-0.3, -0.25) is 9.59 Å². The van der Waals surface area contributed by atoms with Crippen LogP contribution in [0.15, 0.2) is 52.9 Å². The maximum absolute atomic E-state index is 12.1. The summed E-state index contributed by atoms with van der Waals surface area (Å²) in [6, 6.07) is 14.1. The first-order chi connectivity index (χ1) is 11.1. The third kappa shape index (κ3) is 3.55. The van der Waals surface area contributed by atoms with E-state index in [-0.39, 0.29) is 18.4 Å². The van der Waals surface area contributed by atoms with E-state index in [0.717, 1.165) is 5.52 Å². The Labute approximate surface area is 132 Å². The number of oxazole rings is 1. The Morgan fingerprint density at radius 3 is 2.52 bits per heavy atom. The first kappa shape index (κ1) is 14.8. The topological polar surface area (TPSA) is 84.2 Å². The molecule has 3 rings (SSSR count). The zero-order chi connectivity index (χ0) is 16.2. The van der Waals surface area contributed by atoms with Crippen molar-refractivity contribution in [3.05, 3.63) is 60.0 Å². The van der Waals surface area contributed by atoms with E-state index in [0.29, 0.717) is 22.7 Å². The van der Waals surface area contributed by atoms with Gasteiger partial charge in [0.1, 0.15) is 5.52 Å². The zero-order valence-corrected chi connectivity index (χ0v) is 12.5. The second kappa shape index (κ2) is 6.31. The van der Waals surface area contributed by atoms with Crippen LogP contribution in [-0.4, -0.2) is 16.8 Å². The zero-order valence-electron chi connectivity index (χ0n) is 12.5. The Hall–Kier alpha value is -3.15. The second-order valence-corrected chi connectivity index (χ2v) is 5.02. The highest BCUT2D eigenvalue weighted by molar-refractivity contribution is 5.95. The Morgan fingerprint density at radius 1 is 1.09 bits per heavy atom. The second-order valence-electron chi connectivity index (χ2n) is 5.02. The number of nitrogens with zero attached hydrogens (tertiary/aromatic N) is 1. The molecule has 2 aromatic carbocycles. The molecule has 1 aromatic heterocycles. The normalized spacial score (nSPS) is 10.5. The molecule has 0 unspecified atom stereocenters. The van der Waals surface area contributed by atoms with Crippen LogP contribution in [0, 0.1) is 0 Å². The van der Waals surface area contributed by atoms with Crippen LogP contribution in [0.4, 0.5) is 5.69 Å². The highest BCUT2D eigenvalue weighted by Crippen LogP contribution is 2.14. The smallest absolute Gasteiger partial charge is 0.251 e. The van der Waals surface area contributed by atoms with Gasteiger partial charge in [0.25, 0.3) is 5.91 Å². The quantitative estimate of drug-likeness (QED) is 0.776. The fraction of sp³-hybridized carbons (Fsp3) is 0.118. The highest BCUT2D eigenvalue weighted by atomic mass is 16.3. The number of nitrogens with one attached hydrogen (secondary N) is 2. The first-order valence-electron chi connectivity index (χ1n) is 7.12.